The number of hydrogen-bond acceptors (Lipinski definition) is 6. The van der Waals surface area contributed by atoms with Crippen LogP contribution in [0.3, 0.4) is 0 Å². The van der Waals surface area contributed by atoms with E-state index in [1.807, 2.05) is 38.1 Å². The molecule has 0 saturated carbocycles. The van der Waals surface area contributed by atoms with Crippen molar-refractivity contribution in [2.24, 2.45) is 0 Å². The van der Waals surface area contributed by atoms with Gasteiger partial charge in [-0.1, -0.05) is 6.07 Å². The summed E-state index contributed by atoms with van der Waals surface area (Å²) in [5.41, 5.74) is -0.681. The fourth-order valence-corrected chi connectivity index (χ4v) is 4.37. The molecule has 2 atom stereocenters. The van der Waals surface area contributed by atoms with Crippen LogP contribution in [0.1, 0.15) is 31.7 Å². The number of hydrogen-bond donors (Lipinski definition) is 3. The highest BCUT2D eigenvalue weighted by molar-refractivity contribution is 5.78. The summed E-state index contributed by atoms with van der Waals surface area (Å²) in [7, 11) is 3.69. The summed E-state index contributed by atoms with van der Waals surface area (Å²) in [6.45, 7) is 4.74. The maximum atomic E-state index is 12.3. The van der Waals surface area contributed by atoms with E-state index >= 15 is 0 Å². The van der Waals surface area contributed by atoms with E-state index in [1.165, 1.54) is 0 Å². The van der Waals surface area contributed by atoms with Crippen LogP contribution in [-0.4, -0.2) is 83.4 Å². The van der Waals surface area contributed by atoms with Crippen LogP contribution in [0.4, 0.5) is 0 Å². The van der Waals surface area contributed by atoms with Crippen LogP contribution in [0.15, 0.2) is 23.1 Å². The van der Waals surface area contributed by atoms with E-state index in [0.717, 1.165) is 18.7 Å². The van der Waals surface area contributed by atoms with E-state index in [-0.39, 0.29) is 18.0 Å². The quantitative estimate of drug-likeness (QED) is 0.649. The molecule has 3 heterocycles. The minimum atomic E-state index is -0.776. The number of nitrogens with one attached hydrogen (secondary N) is 2. The molecule has 2 aliphatic rings. The van der Waals surface area contributed by atoms with E-state index in [0.29, 0.717) is 32.4 Å². The normalized spacial score (nSPS) is 27.8. The van der Waals surface area contributed by atoms with Crippen LogP contribution in [0, 0.1) is 0 Å². The number of carbonyl (C=O) groups is 1. The monoisotopic (exact) mass is 392 g/mol. The van der Waals surface area contributed by atoms with Gasteiger partial charge in [0.15, 0.2) is 0 Å². The van der Waals surface area contributed by atoms with Gasteiger partial charge in [-0.25, -0.2) is 0 Å². The number of piperidine rings is 1. The molecule has 3 N–H and O–H groups in total. The van der Waals surface area contributed by atoms with Gasteiger partial charge >= 0.3 is 0 Å². The van der Waals surface area contributed by atoms with Crippen molar-refractivity contribution < 1.29 is 14.6 Å². The molecule has 0 bridgehead atoms. The summed E-state index contributed by atoms with van der Waals surface area (Å²) in [6, 6.07) is 3.67. The van der Waals surface area contributed by atoms with Crippen molar-refractivity contribution >= 4 is 5.91 Å². The summed E-state index contributed by atoms with van der Waals surface area (Å²) in [6.07, 6.45) is 2.77. The van der Waals surface area contributed by atoms with Crippen LogP contribution >= 0.6 is 0 Å². The minimum absolute atomic E-state index is 0.0621. The van der Waals surface area contributed by atoms with Crippen molar-refractivity contribution in [1.82, 2.24) is 20.1 Å². The average molecular weight is 393 g/mol. The number of aromatic amines is 1. The fourth-order valence-electron chi connectivity index (χ4n) is 4.37. The summed E-state index contributed by atoms with van der Waals surface area (Å²) in [5, 5.41) is 14.2. The van der Waals surface area contributed by atoms with Crippen molar-refractivity contribution in [1.29, 1.82) is 0 Å². The van der Waals surface area contributed by atoms with Gasteiger partial charge in [-0.05, 0) is 46.3 Å². The second kappa shape index (κ2) is 8.32. The Hall–Kier alpha value is -1.74. The van der Waals surface area contributed by atoms with Crippen LogP contribution in [0.2, 0.25) is 0 Å². The SMILES string of the molecule is CN(C)CC(=O)N[C@@]1(C)CCOC2(CCN(Cc3ccc[nH]c3=O)CC2)[C@@H]1O. The first-order valence-electron chi connectivity index (χ1n) is 9.91. The number of ether oxygens (including phenoxy) is 1. The first-order chi connectivity index (χ1) is 13.2. The lowest BCUT2D eigenvalue weighted by Crippen LogP contribution is -2.69. The third-order valence-electron chi connectivity index (χ3n) is 5.99. The molecule has 1 spiro atoms. The molecule has 3 rings (SSSR count). The molecule has 1 amide bonds. The highest BCUT2D eigenvalue weighted by Crippen LogP contribution is 2.40. The number of nitrogens with zero attached hydrogens (tertiary/aromatic N) is 2. The van der Waals surface area contributed by atoms with Crippen molar-refractivity contribution in [3.63, 3.8) is 0 Å². The zero-order chi connectivity index (χ0) is 20.4. The van der Waals surface area contributed by atoms with Crippen molar-refractivity contribution in [2.75, 3.05) is 40.3 Å². The number of likely N-dealkylation sites (tertiary alicyclic amines) is 1. The Kier molecular flexibility index (Phi) is 6.24. The number of carbonyl (C=O) groups excluding carboxylic acids is 1. The second-order valence-corrected chi connectivity index (χ2v) is 8.57. The van der Waals surface area contributed by atoms with Crippen LogP contribution in [-0.2, 0) is 16.1 Å². The zero-order valence-corrected chi connectivity index (χ0v) is 17.0. The summed E-state index contributed by atoms with van der Waals surface area (Å²) in [4.78, 5) is 30.9. The first kappa shape index (κ1) is 21.0. The molecule has 0 aromatic carbocycles. The maximum Gasteiger partial charge on any atom is 0.252 e. The summed E-state index contributed by atoms with van der Waals surface area (Å²) in [5.74, 6) is -0.0932. The third-order valence-corrected chi connectivity index (χ3v) is 5.99. The van der Waals surface area contributed by atoms with Crippen molar-refractivity contribution in [3.05, 3.63) is 34.2 Å². The number of aliphatic hydroxyl groups is 1. The Balaban J connectivity index is 1.64. The second-order valence-electron chi connectivity index (χ2n) is 8.57. The number of likely N-dealkylation sites (N-methyl/N-ethyl adjacent to an activating group) is 1. The van der Waals surface area contributed by atoms with E-state index in [2.05, 4.69) is 15.2 Å². The molecule has 8 nitrogen and oxygen atoms in total. The lowest BCUT2D eigenvalue weighted by molar-refractivity contribution is -0.208. The molecule has 1 aromatic rings. The number of H-pyrrole nitrogens is 1. The van der Waals surface area contributed by atoms with Gasteiger partial charge in [0.05, 0.1) is 17.7 Å². The van der Waals surface area contributed by atoms with E-state index in [4.69, 9.17) is 4.74 Å². The molecule has 28 heavy (non-hydrogen) atoms. The molecule has 2 fully saturated rings. The molecular formula is C20H32N4O4. The van der Waals surface area contributed by atoms with E-state index in [9.17, 15) is 14.7 Å². The van der Waals surface area contributed by atoms with E-state index < -0.39 is 17.2 Å². The lowest BCUT2D eigenvalue weighted by atomic mass is 9.73. The Bertz CT molecular complexity index is 742. The number of rotatable bonds is 5. The fraction of sp³-hybridized carbons (Fsp3) is 0.700. The van der Waals surface area contributed by atoms with Gasteiger partial charge in [0.2, 0.25) is 5.91 Å². The average Bonchev–Trinajstić information content (AvgIpc) is 2.63. The molecule has 0 unspecified atom stereocenters. The van der Waals surface area contributed by atoms with E-state index in [1.54, 1.807) is 6.20 Å². The standard InChI is InChI=1S/C20H32N4O4/c1-19(22-16(25)14-23(2)3)8-12-28-20(18(19)27)6-10-24(11-7-20)13-15-5-4-9-21-17(15)26/h4-5,9,18,27H,6-8,10-14H2,1-3H3,(H,21,26)(H,22,25)/t18-,19+/m1/s1. The zero-order valence-electron chi connectivity index (χ0n) is 17.0. The van der Waals surface area contributed by atoms with Gasteiger partial charge in [0.25, 0.3) is 5.56 Å². The maximum absolute atomic E-state index is 12.3. The highest BCUT2D eigenvalue weighted by atomic mass is 16.5. The minimum Gasteiger partial charge on any atom is -0.388 e. The largest absolute Gasteiger partial charge is 0.388 e. The predicted octanol–water partition coefficient (Wildman–Crippen LogP) is -0.0728. The summed E-state index contributed by atoms with van der Waals surface area (Å²) < 4.78 is 6.09. The number of amides is 1. The van der Waals surface area contributed by atoms with Crippen molar-refractivity contribution in [2.45, 2.75) is 50.0 Å². The Labute approximate surface area is 165 Å². The molecule has 0 aliphatic carbocycles. The smallest absolute Gasteiger partial charge is 0.252 e. The van der Waals surface area contributed by atoms with Gasteiger partial charge in [-0.3, -0.25) is 14.5 Å². The Morgan fingerprint density at radius 1 is 1.39 bits per heavy atom. The Morgan fingerprint density at radius 3 is 2.75 bits per heavy atom. The number of aromatic nitrogens is 1. The molecule has 2 aliphatic heterocycles. The predicted molar refractivity (Wildman–Crippen MR) is 106 cm³/mol. The van der Waals surface area contributed by atoms with Crippen LogP contribution in [0.5, 0.6) is 0 Å². The van der Waals surface area contributed by atoms with Gasteiger partial charge in [-0.2, -0.15) is 0 Å². The molecule has 8 heteroatoms. The number of pyridine rings is 1. The summed E-state index contributed by atoms with van der Waals surface area (Å²) >= 11 is 0. The topological polar surface area (TPSA) is 97.9 Å². The number of aliphatic hydroxyl groups excluding tert-OH is 1. The Morgan fingerprint density at radius 2 is 2.11 bits per heavy atom. The molecular weight excluding hydrogens is 360 g/mol. The highest BCUT2D eigenvalue weighted by Gasteiger charge is 2.53. The van der Waals surface area contributed by atoms with Crippen LogP contribution in [0.25, 0.3) is 0 Å². The van der Waals surface area contributed by atoms with Gasteiger partial charge in [-0.15, -0.1) is 0 Å². The molecule has 2 saturated heterocycles. The molecule has 1 aromatic heterocycles. The van der Waals surface area contributed by atoms with Gasteiger partial charge in [0.1, 0.15) is 6.10 Å². The molecule has 156 valence electrons. The lowest BCUT2D eigenvalue weighted by Gasteiger charge is -2.53. The van der Waals surface area contributed by atoms with Crippen LogP contribution < -0.4 is 10.9 Å². The first-order valence-corrected chi connectivity index (χ1v) is 9.91. The van der Waals surface area contributed by atoms with Crippen molar-refractivity contribution in [3.8, 4) is 0 Å². The van der Waals surface area contributed by atoms with Gasteiger partial charge < -0.3 is 25.0 Å². The molecule has 0 radical (unpaired) electrons. The third kappa shape index (κ3) is 4.46. The van der Waals surface area contributed by atoms with Gasteiger partial charge in [0, 0.05) is 38.0 Å².